The van der Waals surface area contributed by atoms with E-state index in [-0.39, 0.29) is 18.4 Å². The molecule has 11 heteroatoms. The van der Waals surface area contributed by atoms with Gasteiger partial charge in [-0.05, 0) is 56.8 Å². The monoisotopic (exact) mass is 393 g/mol. The Kier molecular flexibility index (Phi) is 4.07. The minimum Gasteiger partial charge on any atom is -0.416 e. The lowest BCUT2D eigenvalue weighted by atomic mass is 9.96. The van der Waals surface area contributed by atoms with Gasteiger partial charge in [0.25, 0.3) is 0 Å². The number of alkyl halides is 3. The molecule has 0 aromatic carbocycles. The van der Waals surface area contributed by atoms with Gasteiger partial charge in [-0.3, -0.25) is 4.90 Å². The highest BCUT2D eigenvalue weighted by Gasteiger charge is 2.38. The van der Waals surface area contributed by atoms with E-state index in [1.165, 1.54) is 5.56 Å². The van der Waals surface area contributed by atoms with Crippen LogP contribution in [0.5, 0.6) is 0 Å². The molecule has 0 radical (unpaired) electrons. The molecule has 0 amide bonds. The lowest BCUT2D eigenvalue weighted by Gasteiger charge is -2.29. The van der Waals surface area contributed by atoms with Gasteiger partial charge in [0.15, 0.2) is 11.5 Å². The maximum absolute atomic E-state index is 12.6. The third-order valence-electron chi connectivity index (χ3n) is 5.46. The first kappa shape index (κ1) is 17.5. The van der Waals surface area contributed by atoms with Crippen molar-refractivity contribution in [2.75, 3.05) is 13.1 Å². The van der Waals surface area contributed by atoms with Crippen molar-refractivity contribution in [3.63, 3.8) is 0 Å². The molecule has 1 fully saturated rings. The summed E-state index contributed by atoms with van der Waals surface area (Å²) in [4.78, 5) is 2.01. The lowest BCUT2D eigenvalue weighted by Crippen LogP contribution is -2.33. The summed E-state index contributed by atoms with van der Waals surface area (Å²) in [5.74, 6) is -0.241. The summed E-state index contributed by atoms with van der Waals surface area (Å²) in [6.45, 7) is 1.62. The predicted octanol–water partition coefficient (Wildman–Crippen LogP) is 2.39. The first-order chi connectivity index (χ1) is 13.5. The maximum Gasteiger partial charge on any atom is 0.470 e. The van der Waals surface area contributed by atoms with Crippen molar-refractivity contribution in [1.82, 2.24) is 34.9 Å². The number of likely N-dealkylation sites (tertiary alicyclic amines) is 1. The minimum absolute atomic E-state index is 0.0177. The first-order valence-corrected chi connectivity index (χ1v) is 9.33. The van der Waals surface area contributed by atoms with E-state index in [1.54, 1.807) is 0 Å². The molecule has 0 saturated carbocycles. The highest BCUT2D eigenvalue weighted by atomic mass is 19.4. The number of aromatic nitrogens is 6. The van der Waals surface area contributed by atoms with Crippen LogP contribution in [0, 0.1) is 0 Å². The Morgan fingerprint density at radius 3 is 2.64 bits per heavy atom. The van der Waals surface area contributed by atoms with Crippen LogP contribution in [-0.2, 0) is 25.6 Å². The number of halogens is 3. The summed E-state index contributed by atoms with van der Waals surface area (Å²) >= 11 is 0. The van der Waals surface area contributed by atoms with E-state index in [0.717, 1.165) is 49.3 Å². The van der Waals surface area contributed by atoms with E-state index in [0.29, 0.717) is 13.1 Å². The maximum atomic E-state index is 12.6. The zero-order chi connectivity index (χ0) is 19.3. The smallest absolute Gasteiger partial charge is 0.416 e. The summed E-state index contributed by atoms with van der Waals surface area (Å²) < 4.78 is 44.3. The van der Waals surface area contributed by atoms with Gasteiger partial charge in [0.05, 0.1) is 12.2 Å². The Balaban J connectivity index is 1.26. The van der Waals surface area contributed by atoms with Crippen LogP contribution in [0.25, 0.3) is 5.65 Å². The van der Waals surface area contributed by atoms with Crippen LogP contribution in [0.4, 0.5) is 13.2 Å². The molecule has 0 unspecified atom stereocenters. The molecule has 3 aromatic heterocycles. The van der Waals surface area contributed by atoms with Crippen molar-refractivity contribution in [3.05, 3.63) is 34.9 Å². The number of aryl methyl sites for hydroxylation is 2. The molecule has 5 rings (SSSR count). The quantitative estimate of drug-likeness (QED) is 0.675. The minimum atomic E-state index is -4.61. The molecule has 2 aliphatic rings. The van der Waals surface area contributed by atoms with Crippen LogP contribution in [0.2, 0.25) is 0 Å². The molecular formula is C17H18F3N7O. The van der Waals surface area contributed by atoms with Crippen molar-refractivity contribution < 1.29 is 17.6 Å². The second-order valence-corrected chi connectivity index (χ2v) is 7.35. The molecule has 148 valence electrons. The molecule has 1 aliphatic carbocycles. The van der Waals surface area contributed by atoms with Crippen molar-refractivity contribution >= 4 is 5.65 Å². The molecule has 28 heavy (non-hydrogen) atoms. The molecule has 0 bridgehead atoms. The van der Waals surface area contributed by atoms with E-state index >= 15 is 0 Å². The molecule has 0 spiro atoms. The van der Waals surface area contributed by atoms with Crippen molar-refractivity contribution in [2.24, 2.45) is 0 Å². The number of nitrogens with zero attached hydrogens (tertiary/aromatic N) is 7. The molecular weight excluding hydrogens is 375 g/mol. The molecule has 1 saturated heterocycles. The Labute approximate surface area is 157 Å². The fraction of sp³-hybridized carbons (Fsp3) is 0.588. The van der Waals surface area contributed by atoms with Gasteiger partial charge in [0, 0.05) is 5.92 Å². The topological polar surface area (TPSA) is 85.2 Å². The molecule has 1 aliphatic heterocycles. The van der Waals surface area contributed by atoms with Gasteiger partial charge in [-0.2, -0.15) is 22.8 Å². The summed E-state index contributed by atoms with van der Waals surface area (Å²) in [5, 5.41) is 20.0. The number of hydrogen-bond donors (Lipinski definition) is 0. The number of rotatable bonds is 3. The Morgan fingerprint density at radius 1 is 1.07 bits per heavy atom. The van der Waals surface area contributed by atoms with E-state index in [1.807, 2.05) is 9.42 Å². The zero-order valence-corrected chi connectivity index (χ0v) is 15.0. The van der Waals surface area contributed by atoms with Gasteiger partial charge in [0.2, 0.25) is 5.89 Å². The lowest BCUT2D eigenvalue weighted by molar-refractivity contribution is -0.157. The number of piperidine rings is 1. The second-order valence-electron chi connectivity index (χ2n) is 7.35. The average molecular weight is 393 g/mol. The van der Waals surface area contributed by atoms with Crippen LogP contribution < -0.4 is 0 Å². The fourth-order valence-corrected chi connectivity index (χ4v) is 4.02. The average Bonchev–Trinajstić information content (AvgIpc) is 3.39. The highest BCUT2D eigenvalue weighted by molar-refractivity contribution is 5.43. The predicted molar refractivity (Wildman–Crippen MR) is 89.4 cm³/mol. The summed E-state index contributed by atoms with van der Waals surface area (Å²) in [6.07, 6.45) is 0.193. The Bertz CT molecular complexity index is 1000. The van der Waals surface area contributed by atoms with Gasteiger partial charge in [0.1, 0.15) is 0 Å². The van der Waals surface area contributed by atoms with Gasteiger partial charge in [-0.15, -0.1) is 20.4 Å². The van der Waals surface area contributed by atoms with Crippen molar-refractivity contribution in [1.29, 1.82) is 0 Å². The van der Waals surface area contributed by atoms with E-state index in [4.69, 9.17) is 9.52 Å². The molecule has 8 nitrogen and oxygen atoms in total. The standard InChI is InChI=1S/C17H18F3N7O/c18-17(19,20)16-24-22-14(28-16)9-26-6-4-10(5-7-26)15-23-21-13-8-11-2-1-3-12(11)25-27(13)15/h8,10H,1-7,9H2. The van der Waals surface area contributed by atoms with Gasteiger partial charge in [-0.1, -0.05) is 0 Å². The number of fused-ring (bicyclic) bond motifs is 2. The fourth-order valence-electron chi connectivity index (χ4n) is 4.02. The van der Waals surface area contributed by atoms with Crippen molar-refractivity contribution in [2.45, 2.75) is 50.7 Å². The Morgan fingerprint density at radius 2 is 1.89 bits per heavy atom. The molecule has 4 heterocycles. The van der Waals surface area contributed by atoms with Crippen molar-refractivity contribution in [3.8, 4) is 0 Å². The van der Waals surface area contributed by atoms with Crippen LogP contribution in [-0.4, -0.2) is 48.0 Å². The van der Waals surface area contributed by atoms with Crippen LogP contribution >= 0.6 is 0 Å². The van der Waals surface area contributed by atoms with E-state index in [9.17, 15) is 13.2 Å². The highest BCUT2D eigenvalue weighted by Crippen LogP contribution is 2.30. The van der Waals surface area contributed by atoms with E-state index in [2.05, 4.69) is 26.5 Å². The largest absolute Gasteiger partial charge is 0.470 e. The van der Waals surface area contributed by atoms with Gasteiger partial charge in [-0.25, -0.2) is 0 Å². The third-order valence-corrected chi connectivity index (χ3v) is 5.46. The van der Waals surface area contributed by atoms with Gasteiger partial charge >= 0.3 is 12.1 Å². The Hall–Kier alpha value is -2.56. The molecule has 3 aromatic rings. The van der Waals surface area contributed by atoms with Gasteiger partial charge < -0.3 is 4.42 Å². The van der Waals surface area contributed by atoms with Crippen LogP contribution in [0.1, 0.15) is 54.0 Å². The third kappa shape index (κ3) is 3.13. The summed E-state index contributed by atoms with van der Waals surface area (Å²) in [7, 11) is 0. The first-order valence-electron chi connectivity index (χ1n) is 9.33. The van der Waals surface area contributed by atoms with Crippen LogP contribution in [0.3, 0.4) is 0 Å². The molecule has 0 N–H and O–H groups in total. The molecule has 0 atom stereocenters. The second kappa shape index (κ2) is 6.50. The summed E-state index contributed by atoms with van der Waals surface area (Å²) in [5.41, 5.74) is 3.17. The zero-order valence-electron chi connectivity index (χ0n) is 15.0. The SMILES string of the molecule is FC(F)(F)c1nnc(CN2CCC(c3nnc4cc5c(nn34)CCC5)CC2)o1. The number of hydrogen-bond acceptors (Lipinski definition) is 7. The van der Waals surface area contributed by atoms with Crippen LogP contribution in [0.15, 0.2) is 10.5 Å². The van der Waals surface area contributed by atoms with E-state index < -0.39 is 12.1 Å². The summed E-state index contributed by atoms with van der Waals surface area (Å²) in [6, 6.07) is 2.08. The normalized spacial score (nSPS) is 18.8.